The van der Waals surface area contributed by atoms with Crippen molar-refractivity contribution in [1.82, 2.24) is 5.32 Å². The zero-order valence-electron chi connectivity index (χ0n) is 12.7. The van der Waals surface area contributed by atoms with Crippen molar-refractivity contribution in [3.63, 3.8) is 0 Å². The van der Waals surface area contributed by atoms with Gasteiger partial charge in [-0.25, -0.2) is 0 Å². The van der Waals surface area contributed by atoms with Gasteiger partial charge in [-0.3, -0.25) is 0 Å². The number of hydrogen-bond acceptors (Lipinski definition) is 2. The van der Waals surface area contributed by atoms with Crippen LogP contribution in [0.5, 0.6) is 5.75 Å². The molecule has 0 aliphatic heterocycles. The van der Waals surface area contributed by atoms with Crippen LogP contribution < -0.4 is 10.1 Å². The van der Waals surface area contributed by atoms with E-state index in [0.29, 0.717) is 18.1 Å². The smallest absolute Gasteiger partial charge is 0.120 e. The largest absolute Gasteiger partial charge is 0.490 e. The Morgan fingerprint density at radius 3 is 2.68 bits per heavy atom. The quantitative estimate of drug-likeness (QED) is 0.883. The first-order valence-corrected chi connectivity index (χ1v) is 7.54. The molecule has 1 N–H and O–H groups in total. The van der Waals surface area contributed by atoms with Crippen LogP contribution in [0.2, 0.25) is 0 Å². The third-order valence-electron chi connectivity index (χ3n) is 4.20. The van der Waals surface area contributed by atoms with E-state index < -0.39 is 0 Å². The molecule has 1 aliphatic rings. The molecule has 2 atom stereocenters. The molecule has 1 aromatic carbocycles. The van der Waals surface area contributed by atoms with Gasteiger partial charge in [-0.15, -0.1) is 0 Å². The monoisotopic (exact) mass is 261 g/mol. The van der Waals surface area contributed by atoms with Crippen molar-refractivity contribution < 1.29 is 4.74 Å². The molecule has 0 bridgehead atoms. The molecular formula is C17H27NO. The topological polar surface area (TPSA) is 21.3 Å². The van der Waals surface area contributed by atoms with E-state index in [1.54, 1.807) is 0 Å². The van der Waals surface area contributed by atoms with Crippen LogP contribution in [0.1, 0.15) is 56.6 Å². The van der Waals surface area contributed by atoms with E-state index in [1.807, 2.05) is 0 Å². The fraction of sp³-hybridized carbons (Fsp3) is 0.647. The summed E-state index contributed by atoms with van der Waals surface area (Å²) in [7, 11) is 2.05. The summed E-state index contributed by atoms with van der Waals surface area (Å²) in [6, 6.07) is 7.16. The Kier molecular flexibility index (Phi) is 4.87. The van der Waals surface area contributed by atoms with Crippen LogP contribution in [0.3, 0.4) is 0 Å². The molecule has 1 saturated carbocycles. The minimum absolute atomic E-state index is 0.371. The van der Waals surface area contributed by atoms with Crippen LogP contribution in [0.4, 0.5) is 0 Å². The van der Waals surface area contributed by atoms with E-state index in [1.165, 1.54) is 30.4 Å². The average Bonchev–Trinajstić information content (AvgIpc) is 2.38. The lowest BCUT2D eigenvalue weighted by molar-refractivity contribution is 0.137. The maximum absolute atomic E-state index is 6.16. The summed E-state index contributed by atoms with van der Waals surface area (Å²) >= 11 is 0. The molecule has 2 nitrogen and oxygen atoms in total. The zero-order chi connectivity index (χ0) is 13.8. The van der Waals surface area contributed by atoms with Gasteiger partial charge in [0.05, 0.1) is 0 Å². The van der Waals surface area contributed by atoms with E-state index >= 15 is 0 Å². The average molecular weight is 261 g/mol. The second kappa shape index (κ2) is 6.42. The lowest BCUT2D eigenvalue weighted by atomic mass is 9.93. The minimum Gasteiger partial charge on any atom is -0.490 e. The minimum atomic E-state index is 0.371. The van der Waals surface area contributed by atoms with Gasteiger partial charge in [0.1, 0.15) is 11.9 Å². The molecule has 0 radical (unpaired) electrons. The molecule has 2 heteroatoms. The highest BCUT2D eigenvalue weighted by atomic mass is 16.5. The van der Waals surface area contributed by atoms with E-state index in [9.17, 15) is 0 Å². The Hall–Kier alpha value is -1.02. The Morgan fingerprint density at radius 1 is 1.26 bits per heavy atom. The van der Waals surface area contributed by atoms with Gasteiger partial charge >= 0.3 is 0 Å². The first-order valence-electron chi connectivity index (χ1n) is 7.54. The summed E-state index contributed by atoms with van der Waals surface area (Å²) in [5.41, 5.74) is 2.76. The number of ether oxygens (including phenoxy) is 1. The third kappa shape index (κ3) is 3.73. The molecule has 0 amide bonds. The number of benzene rings is 1. The summed E-state index contributed by atoms with van der Waals surface area (Å²) < 4.78 is 6.16. The van der Waals surface area contributed by atoms with Gasteiger partial charge in [0, 0.05) is 6.04 Å². The molecule has 0 saturated heterocycles. The highest BCUT2D eigenvalue weighted by Gasteiger charge is 2.22. The van der Waals surface area contributed by atoms with Gasteiger partial charge in [-0.1, -0.05) is 19.9 Å². The Balaban J connectivity index is 2.01. The van der Waals surface area contributed by atoms with E-state index in [4.69, 9.17) is 4.74 Å². The number of hydrogen-bond donors (Lipinski definition) is 1. The van der Waals surface area contributed by atoms with Crippen LogP contribution in [0, 0.1) is 6.92 Å². The second-order valence-electron chi connectivity index (χ2n) is 6.07. The maximum atomic E-state index is 6.16. The number of nitrogens with one attached hydrogen (secondary N) is 1. The van der Waals surface area contributed by atoms with Crippen LogP contribution in [0.15, 0.2) is 18.2 Å². The molecule has 0 heterocycles. The highest BCUT2D eigenvalue weighted by Crippen LogP contribution is 2.27. The van der Waals surface area contributed by atoms with Gasteiger partial charge < -0.3 is 10.1 Å². The van der Waals surface area contributed by atoms with Gasteiger partial charge in [0.15, 0.2) is 0 Å². The first-order chi connectivity index (χ1) is 9.10. The normalized spacial score (nSPS) is 23.6. The van der Waals surface area contributed by atoms with Crippen molar-refractivity contribution in [3.05, 3.63) is 29.3 Å². The lowest BCUT2D eigenvalue weighted by Crippen LogP contribution is -2.36. The van der Waals surface area contributed by atoms with Crippen LogP contribution in [-0.2, 0) is 0 Å². The third-order valence-corrected chi connectivity index (χ3v) is 4.20. The SMILES string of the molecule is CNC1CCCC(Oc2ccc(C(C)C)c(C)c2)C1. The molecular weight excluding hydrogens is 234 g/mol. The summed E-state index contributed by atoms with van der Waals surface area (Å²) in [5, 5.41) is 3.38. The van der Waals surface area contributed by atoms with Crippen molar-refractivity contribution in [2.24, 2.45) is 0 Å². The fourth-order valence-electron chi connectivity index (χ4n) is 3.08. The molecule has 1 aromatic rings. The predicted octanol–water partition coefficient (Wildman–Crippen LogP) is 4.03. The molecule has 2 rings (SSSR count). The fourth-order valence-corrected chi connectivity index (χ4v) is 3.08. The Morgan fingerprint density at radius 2 is 2.05 bits per heavy atom. The van der Waals surface area contributed by atoms with Crippen LogP contribution >= 0.6 is 0 Å². The molecule has 0 aromatic heterocycles. The van der Waals surface area contributed by atoms with Crippen LogP contribution in [0.25, 0.3) is 0 Å². The van der Waals surface area contributed by atoms with Crippen LogP contribution in [-0.4, -0.2) is 19.2 Å². The van der Waals surface area contributed by atoms with E-state index in [-0.39, 0.29) is 0 Å². The van der Waals surface area contributed by atoms with Gasteiger partial charge in [0.2, 0.25) is 0 Å². The van der Waals surface area contributed by atoms with Crippen molar-refractivity contribution in [3.8, 4) is 5.75 Å². The van der Waals surface area contributed by atoms with Gasteiger partial charge in [-0.05, 0) is 68.8 Å². The molecule has 19 heavy (non-hydrogen) atoms. The molecule has 2 unspecified atom stereocenters. The number of aryl methyl sites for hydroxylation is 1. The predicted molar refractivity (Wildman–Crippen MR) is 81.0 cm³/mol. The van der Waals surface area contributed by atoms with Gasteiger partial charge in [-0.2, -0.15) is 0 Å². The zero-order valence-corrected chi connectivity index (χ0v) is 12.7. The maximum Gasteiger partial charge on any atom is 0.120 e. The lowest BCUT2D eigenvalue weighted by Gasteiger charge is -2.29. The van der Waals surface area contributed by atoms with Gasteiger partial charge in [0.25, 0.3) is 0 Å². The Labute approximate surface area is 117 Å². The first kappa shape index (κ1) is 14.4. The summed E-state index contributed by atoms with van der Waals surface area (Å²) in [5.74, 6) is 1.61. The van der Waals surface area contributed by atoms with E-state index in [2.05, 4.69) is 51.3 Å². The number of rotatable bonds is 4. The van der Waals surface area contributed by atoms with Crippen molar-refractivity contribution in [1.29, 1.82) is 0 Å². The van der Waals surface area contributed by atoms with Crippen molar-refractivity contribution >= 4 is 0 Å². The molecule has 1 fully saturated rings. The molecule has 1 aliphatic carbocycles. The molecule has 0 spiro atoms. The molecule has 106 valence electrons. The summed E-state index contributed by atoms with van der Waals surface area (Å²) in [6.45, 7) is 6.66. The summed E-state index contributed by atoms with van der Waals surface area (Å²) in [6.07, 6.45) is 5.22. The van der Waals surface area contributed by atoms with Crippen molar-refractivity contribution in [2.75, 3.05) is 7.05 Å². The second-order valence-corrected chi connectivity index (χ2v) is 6.07. The van der Waals surface area contributed by atoms with E-state index in [0.717, 1.165) is 12.2 Å². The standard InChI is InChI=1S/C17H27NO/c1-12(2)17-9-8-16(10-13(17)3)19-15-7-5-6-14(11-15)18-4/h8-10,12,14-15,18H,5-7,11H2,1-4H3. The highest BCUT2D eigenvalue weighted by molar-refractivity contribution is 5.36. The summed E-state index contributed by atoms with van der Waals surface area (Å²) in [4.78, 5) is 0. The Bertz CT molecular complexity index is 414. The van der Waals surface area contributed by atoms with Crippen molar-refractivity contribution in [2.45, 2.75) is 64.5 Å².